The Bertz CT molecular complexity index is 3460. The molecule has 4 heterocycles. The molecule has 0 aromatic heterocycles. The maximum atomic E-state index is 13.6. The van der Waals surface area contributed by atoms with E-state index in [2.05, 4.69) is 9.47 Å². The fourth-order valence-corrected chi connectivity index (χ4v) is 8.51. The van der Waals surface area contributed by atoms with Crippen molar-refractivity contribution in [3.8, 4) is 45.3 Å². The predicted octanol–water partition coefficient (Wildman–Crippen LogP) is 9.68. The molecule has 348 valence electrons. The van der Waals surface area contributed by atoms with Gasteiger partial charge in [-0.25, -0.2) is 29.0 Å². The van der Waals surface area contributed by atoms with Gasteiger partial charge in [0.1, 0.15) is 23.0 Å². The Kier molecular flexibility index (Phi) is 10.5. The monoisotopic (exact) mass is 952 g/mol. The number of fused-ring (bicyclic) bond motifs is 4. The van der Waals surface area contributed by atoms with Gasteiger partial charge in [-0.1, -0.05) is 24.3 Å². The van der Waals surface area contributed by atoms with Crippen LogP contribution in [-0.4, -0.2) is 47.5 Å². The SMILES string of the molecule is Nc1ccc(Oc2ccc(N3C(=O)c4ccc(-c5ccc6c(c5)C(=O)N(c5ccc(Oc7ccc(N)cc7)cc5)C6=O)cc4C3=O)cc2)cc1.O=C1OC(=O)c2cc(-c3ccc4c(c3)C(=O)OC4=O)ccc21. The van der Waals surface area contributed by atoms with Gasteiger partial charge in [0.25, 0.3) is 23.6 Å². The molecule has 0 aliphatic carbocycles. The first kappa shape index (κ1) is 44.1. The summed E-state index contributed by atoms with van der Waals surface area (Å²) >= 11 is 0. The van der Waals surface area contributed by atoms with Gasteiger partial charge >= 0.3 is 23.9 Å². The van der Waals surface area contributed by atoms with E-state index in [9.17, 15) is 38.4 Å². The Morgan fingerprint density at radius 2 is 0.556 bits per heavy atom. The minimum atomic E-state index is -0.697. The lowest BCUT2D eigenvalue weighted by Gasteiger charge is -2.14. The van der Waals surface area contributed by atoms with Crippen LogP contribution in [0.4, 0.5) is 22.7 Å². The molecule has 4 N–H and O–H groups in total. The van der Waals surface area contributed by atoms with E-state index in [0.29, 0.717) is 68.0 Å². The molecule has 0 saturated carbocycles. The third-order valence-electron chi connectivity index (χ3n) is 12.2. The van der Waals surface area contributed by atoms with Gasteiger partial charge in [-0.05, 0) is 168 Å². The number of amides is 4. The van der Waals surface area contributed by atoms with Crippen LogP contribution in [0.2, 0.25) is 0 Å². The number of nitrogens with two attached hydrogens (primary N) is 2. The van der Waals surface area contributed by atoms with Gasteiger partial charge in [0.15, 0.2) is 0 Å². The largest absolute Gasteiger partial charge is 0.457 e. The van der Waals surface area contributed by atoms with Crippen LogP contribution in [0.3, 0.4) is 0 Å². The van der Waals surface area contributed by atoms with Crippen molar-refractivity contribution in [2.45, 2.75) is 0 Å². The molecule has 0 spiro atoms. The molecule has 4 aliphatic heterocycles. The number of benzene rings is 8. The molecular formula is C56H32N4O12. The Hall–Kier alpha value is -10.5. The van der Waals surface area contributed by atoms with Crippen molar-refractivity contribution in [1.29, 1.82) is 0 Å². The third-order valence-corrected chi connectivity index (χ3v) is 12.2. The number of esters is 4. The standard InChI is InChI=1S/C40H26N4O6.C16H6O6/c41-25-3-11-29(12-4-25)49-31-15-7-27(8-16-31)43-37(45)33-19-1-23(21-35(33)39(43)47)24-2-20-34-36(22-24)40(48)44(38(34)46)28-9-17-32(18-10-28)50-30-13-5-26(42)6-14-30;17-13-9-3-1-7(5-11(9)15(19)21-13)8-2-4-10-12(6-8)16(20)22-14(10)18/h1-22H,41-42H2;1-6H. The summed E-state index contributed by atoms with van der Waals surface area (Å²) < 4.78 is 20.7. The normalized spacial score (nSPS) is 14.1. The third kappa shape index (κ3) is 7.81. The number of hydrogen-bond donors (Lipinski definition) is 2. The molecule has 0 radical (unpaired) electrons. The van der Waals surface area contributed by atoms with Gasteiger partial charge in [-0.3, -0.25) is 19.2 Å². The van der Waals surface area contributed by atoms with Crippen molar-refractivity contribution < 1.29 is 57.3 Å². The Balaban J connectivity index is 0.000000211. The molecule has 0 bridgehead atoms. The lowest BCUT2D eigenvalue weighted by molar-refractivity contribution is 0.0425. The summed E-state index contributed by atoms with van der Waals surface area (Å²) in [7, 11) is 0. The molecule has 4 aliphatic rings. The maximum absolute atomic E-state index is 13.6. The number of hydrogen-bond acceptors (Lipinski definition) is 14. The van der Waals surface area contributed by atoms with E-state index < -0.39 is 47.5 Å². The van der Waals surface area contributed by atoms with Gasteiger partial charge in [-0.15, -0.1) is 0 Å². The van der Waals surface area contributed by atoms with E-state index in [-0.39, 0.29) is 44.5 Å². The molecule has 12 rings (SSSR count). The number of nitrogens with zero attached hydrogens (tertiary/aromatic N) is 2. The van der Waals surface area contributed by atoms with Crippen LogP contribution >= 0.6 is 0 Å². The first-order valence-corrected chi connectivity index (χ1v) is 21.9. The predicted molar refractivity (Wildman–Crippen MR) is 260 cm³/mol. The molecule has 0 fully saturated rings. The first-order chi connectivity index (χ1) is 34.8. The molecule has 0 unspecified atom stereocenters. The minimum absolute atomic E-state index is 0.182. The average molecular weight is 953 g/mol. The zero-order valence-electron chi connectivity index (χ0n) is 37.1. The topological polar surface area (TPSA) is 232 Å². The van der Waals surface area contributed by atoms with Gasteiger partial charge in [-0.2, -0.15) is 0 Å². The molecule has 4 amide bonds. The lowest BCUT2D eigenvalue weighted by atomic mass is 9.97. The van der Waals surface area contributed by atoms with Crippen molar-refractivity contribution in [2.75, 3.05) is 21.3 Å². The Labute approximate surface area is 407 Å². The van der Waals surface area contributed by atoms with E-state index in [1.807, 2.05) is 0 Å². The summed E-state index contributed by atoms with van der Waals surface area (Å²) in [5.41, 5.74) is 17.8. The molecule has 8 aromatic rings. The fourth-order valence-electron chi connectivity index (χ4n) is 8.51. The minimum Gasteiger partial charge on any atom is -0.457 e. The summed E-state index contributed by atoms with van der Waals surface area (Å²) in [6.45, 7) is 0. The van der Waals surface area contributed by atoms with Crippen LogP contribution in [-0.2, 0) is 9.47 Å². The maximum Gasteiger partial charge on any atom is 0.346 e. The lowest BCUT2D eigenvalue weighted by Crippen LogP contribution is -2.29. The van der Waals surface area contributed by atoms with E-state index in [4.69, 9.17) is 20.9 Å². The van der Waals surface area contributed by atoms with E-state index in [0.717, 1.165) is 9.80 Å². The summed E-state index contributed by atoms with van der Waals surface area (Å²) in [4.78, 5) is 102. The van der Waals surface area contributed by atoms with E-state index in [1.54, 1.807) is 146 Å². The van der Waals surface area contributed by atoms with Crippen LogP contribution in [0, 0.1) is 0 Å². The Morgan fingerprint density at radius 1 is 0.292 bits per heavy atom. The Morgan fingerprint density at radius 3 is 0.889 bits per heavy atom. The number of cyclic esters (lactones) is 4. The van der Waals surface area contributed by atoms with Crippen molar-refractivity contribution in [1.82, 2.24) is 0 Å². The fraction of sp³-hybridized carbons (Fsp3) is 0. The van der Waals surface area contributed by atoms with Crippen LogP contribution in [0.15, 0.2) is 170 Å². The number of imide groups is 2. The number of carbonyl (C=O) groups excluding carboxylic acids is 8. The molecule has 72 heavy (non-hydrogen) atoms. The zero-order chi connectivity index (χ0) is 49.9. The van der Waals surface area contributed by atoms with E-state index in [1.165, 1.54) is 24.3 Å². The average Bonchev–Trinajstić information content (AvgIpc) is 4.03. The summed E-state index contributed by atoms with van der Waals surface area (Å²) in [6, 6.07) is 46.4. The van der Waals surface area contributed by atoms with E-state index >= 15 is 0 Å². The van der Waals surface area contributed by atoms with Gasteiger partial charge in [0.2, 0.25) is 0 Å². The number of carbonyl (C=O) groups is 8. The van der Waals surface area contributed by atoms with Crippen molar-refractivity contribution in [3.63, 3.8) is 0 Å². The van der Waals surface area contributed by atoms with Crippen molar-refractivity contribution >= 4 is 70.3 Å². The molecule has 16 heteroatoms. The number of anilines is 4. The quantitative estimate of drug-likeness (QED) is 0.0625. The van der Waals surface area contributed by atoms with Gasteiger partial charge in [0.05, 0.1) is 55.9 Å². The highest BCUT2D eigenvalue weighted by Gasteiger charge is 2.39. The highest BCUT2D eigenvalue weighted by Crippen LogP contribution is 2.37. The first-order valence-electron chi connectivity index (χ1n) is 21.9. The summed E-state index contributed by atoms with van der Waals surface area (Å²) in [5, 5.41) is 0. The van der Waals surface area contributed by atoms with Crippen LogP contribution in [0.1, 0.15) is 82.9 Å². The highest BCUT2D eigenvalue weighted by atomic mass is 16.6. The summed E-state index contributed by atoms with van der Waals surface area (Å²) in [5.74, 6) is -2.32. The van der Waals surface area contributed by atoms with Gasteiger partial charge in [0, 0.05) is 11.4 Å². The number of rotatable bonds is 8. The second kappa shape index (κ2) is 17.2. The smallest absolute Gasteiger partial charge is 0.346 e. The second-order valence-corrected chi connectivity index (χ2v) is 16.6. The van der Waals surface area contributed by atoms with Crippen LogP contribution in [0.5, 0.6) is 23.0 Å². The summed E-state index contributed by atoms with van der Waals surface area (Å²) in [6.07, 6.45) is 0. The van der Waals surface area contributed by atoms with Crippen LogP contribution < -0.4 is 30.7 Å². The molecule has 16 nitrogen and oxygen atoms in total. The van der Waals surface area contributed by atoms with Crippen LogP contribution in [0.25, 0.3) is 22.3 Å². The van der Waals surface area contributed by atoms with Gasteiger partial charge < -0.3 is 30.4 Å². The second-order valence-electron chi connectivity index (χ2n) is 16.6. The highest BCUT2D eigenvalue weighted by molar-refractivity contribution is 6.36. The number of ether oxygens (including phenoxy) is 4. The zero-order valence-corrected chi connectivity index (χ0v) is 37.1. The number of nitrogen functional groups attached to an aromatic ring is 2. The van der Waals surface area contributed by atoms with Crippen molar-refractivity contribution in [2.24, 2.45) is 0 Å². The molecule has 0 atom stereocenters. The van der Waals surface area contributed by atoms with Crippen molar-refractivity contribution in [3.05, 3.63) is 214 Å². The molecule has 0 saturated heterocycles. The molecular weight excluding hydrogens is 921 g/mol. The molecule has 8 aromatic carbocycles.